The van der Waals surface area contributed by atoms with Crippen LogP contribution in [0, 0.1) is 13.8 Å². The van der Waals surface area contributed by atoms with Gasteiger partial charge in [-0.3, -0.25) is 4.79 Å². The first kappa shape index (κ1) is 13.2. The lowest BCUT2D eigenvalue weighted by Gasteiger charge is -2.12. The van der Waals surface area contributed by atoms with Gasteiger partial charge in [0.15, 0.2) is 0 Å². The van der Waals surface area contributed by atoms with E-state index in [0.717, 1.165) is 20.5 Å². The molecule has 5 heteroatoms. The van der Waals surface area contributed by atoms with Crippen LogP contribution in [0.5, 0.6) is 0 Å². The number of thiophene rings is 1. The van der Waals surface area contributed by atoms with Crippen LogP contribution >= 0.6 is 22.7 Å². The number of nitrogens with one attached hydrogen (secondary N) is 1. The summed E-state index contributed by atoms with van der Waals surface area (Å²) >= 11 is 3.26. The molecule has 0 saturated heterocycles. The third-order valence-corrected chi connectivity index (χ3v) is 4.76. The van der Waals surface area contributed by atoms with E-state index < -0.39 is 0 Å². The molecule has 0 aliphatic heterocycles. The highest BCUT2D eigenvalue weighted by Crippen LogP contribution is 2.24. The third-order valence-electron chi connectivity index (χ3n) is 2.63. The van der Waals surface area contributed by atoms with Crippen molar-refractivity contribution < 1.29 is 4.79 Å². The Balaban J connectivity index is 1.97. The smallest absolute Gasteiger partial charge is 0.225 e. The van der Waals surface area contributed by atoms with Crippen LogP contribution in [-0.2, 0) is 11.2 Å². The summed E-state index contributed by atoms with van der Waals surface area (Å²) in [4.78, 5) is 18.5. The summed E-state index contributed by atoms with van der Waals surface area (Å²) in [5.41, 5.74) is 1.02. The summed E-state index contributed by atoms with van der Waals surface area (Å²) in [6.45, 7) is 5.98. The zero-order valence-electron chi connectivity index (χ0n) is 10.7. The summed E-state index contributed by atoms with van der Waals surface area (Å²) in [5, 5.41) is 6.06. The van der Waals surface area contributed by atoms with Crippen LogP contribution in [0.3, 0.4) is 0 Å². The molecule has 2 aromatic heterocycles. The normalized spacial score (nSPS) is 12.4. The van der Waals surface area contributed by atoms with Gasteiger partial charge in [0.05, 0.1) is 23.2 Å². The Kier molecular flexibility index (Phi) is 4.14. The summed E-state index contributed by atoms with van der Waals surface area (Å²) < 4.78 is 0. The summed E-state index contributed by atoms with van der Waals surface area (Å²) in [7, 11) is 0. The third kappa shape index (κ3) is 3.17. The number of aromatic nitrogens is 1. The first-order valence-electron chi connectivity index (χ1n) is 5.82. The average molecular weight is 280 g/mol. The Morgan fingerprint density at radius 1 is 1.50 bits per heavy atom. The fourth-order valence-electron chi connectivity index (χ4n) is 1.88. The molecule has 0 spiro atoms. The van der Waals surface area contributed by atoms with Crippen LogP contribution in [0.4, 0.5) is 0 Å². The molecule has 2 rings (SSSR count). The first-order chi connectivity index (χ1) is 8.56. The van der Waals surface area contributed by atoms with Crippen molar-refractivity contribution in [2.45, 2.75) is 33.2 Å². The molecule has 96 valence electrons. The van der Waals surface area contributed by atoms with E-state index in [1.165, 1.54) is 0 Å². The molecule has 1 N–H and O–H groups in total. The van der Waals surface area contributed by atoms with Crippen LogP contribution in [0.1, 0.15) is 33.4 Å². The molecule has 2 aromatic rings. The molecule has 3 nitrogen and oxygen atoms in total. The molecule has 0 bridgehead atoms. The van der Waals surface area contributed by atoms with Gasteiger partial charge in [-0.05, 0) is 32.2 Å². The Labute approximate surface area is 115 Å². The number of nitrogens with zero attached hydrogens (tertiary/aromatic N) is 1. The highest BCUT2D eigenvalue weighted by molar-refractivity contribution is 7.11. The van der Waals surface area contributed by atoms with Gasteiger partial charge < -0.3 is 5.32 Å². The second kappa shape index (κ2) is 5.63. The summed E-state index contributed by atoms with van der Waals surface area (Å²) in [6.07, 6.45) is 0.457. The topological polar surface area (TPSA) is 42.0 Å². The maximum Gasteiger partial charge on any atom is 0.225 e. The predicted octanol–water partition coefficient (Wildman–Crippen LogP) is 3.24. The number of rotatable bonds is 4. The summed E-state index contributed by atoms with van der Waals surface area (Å²) in [5.74, 6) is 0.0652. The van der Waals surface area contributed by atoms with E-state index in [4.69, 9.17) is 0 Å². The molecule has 0 saturated carbocycles. The molecule has 1 unspecified atom stereocenters. The molecular weight excluding hydrogens is 264 g/mol. The minimum Gasteiger partial charge on any atom is -0.348 e. The Hall–Kier alpha value is -1.20. The predicted molar refractivity (Wildman–Crippen MR) is 76.2 cm³/mol. The number of carbonyl (C=O) groups excluding carboxylic acids is 1. The number of hydrogen-bond donors (Lipinski definition) is 1. The van der Waals surface area contributed by atoms with Gasteiger partial charge in [0.2, 0.25) is 5.91 Å². The van der Waals surface area contributed by atoms with E-state index >= 15 is 0 Å². The number of aryl methyl sites for hydroxylation is 2. The van der Waals surface area contributed by atoms with Crippen LogP contribution in [0.25, 0.3) is 0 Å². The van der Waals surface area contributed by atoms with Crippen molar-refractivity contribution in [1.29, 1.82) is 0 Å². The summed E-state index contributed by atoms with van der Waals surface area (Å²) in [6, 6.07) is 3.98. The van der Waals surface area contributed by atoms with Gasteiger partial charge in [-0.1, -0.05) is 6.07 Å². The minimum absolute atomic E-state index is 0.0312. The van der Waals surface area contributed by atoms with Gasteiger partial charge in [-0.2, -0.15) is 0 Å². The number of hydrogen-bond acceptors (Lipinski definition) is 4. The zero-order chi connectivity index (χ0) is 13.1. The fraction of sp³-hybridized carbons (Fsp3) is 0.385. The monoisotopic (exact) mass is 280 g/mol. The van der Waals surface area contributed by atoms with Gasteiger partial charge in [0.25, 0.3) is 0 Å². The Morgan fingerprint density at radius 2 is 2.28 bits per heavy atom. The lowest BCUT2D eigenvalue weighted by Crippen LogP contribution is -2.27. The SMILES string of the molecule is Cc1nc(C)c(C(C)NC(=O)Cc2cccs2)s1. The maximum absolute atomic E-state index is 11.9. The van der Waals surface area contributed by atoms with E-state index in [1.54, 1.807) is 22.7 Å². The Morgan fingerprint density at radius 3 is 2.83 bits per heavy atom. The number of carbonyl (C=O) groups is 1. The standard InChI is InChI=1S/C13H16N2OS2/c1-8-13(18-10(3)14-8)9(2)15-12(16)7-11-5-4-6-17-11/h4-6,9H,7H2,1-3H3,(H,15,16). The quantitative estimate of drug-likeness (QED) is 0.934. The van der Waals surface area contributed by atoms with Gasteiger partial charge in [-0.15, -0.1) is 22.7 Å². The van der Waals surface area contributed by atoms with Crippen molar-refractivity contribution >= 4 is 28.6 Å². The van der Waals surface area contributed by atoms with Crippen molar-refractivity contribution in [3.8, 4) is 0 Å². The molecule has 1 amide bonds. The Bertz CT molecular complexity index is 531. The van der Waals surface area contributed by atoms with E-state index in [-0.39, 0.29) is 11.9 Å². The van der Waals surface area contributed by atoms with E-state index in [1.807, 2.05) is 38.3 Å². The second-order valence-electron chi connectivity index (χ2n) is 4.23. The van der Waals surface area contributed by atoms with E-state index in [0.29, 0.717) is 6.42 Å². The molecule has 18 heavy (non-hydrogen) atoms. The zero-order valence-corrected chi connectivity index (χ0v) is 12.3. The molecule has 1 atom stereocenters. The lowest BCUT2D eigenvalue weighted by atomic mass is 10.2. The van der Waals surface area contributed by atoms with Crippen LogP contribution in [-0.4, -0.2) is 10.9 Å². The fourth-order valence-corrected chi connectivity index (χ4v) is 3.51. The van der Waals surface area contributed by atoms with Crippen molar-refractivity contribution in [3.63, 3.8) is 0 Å². The average Bonchev–Trinajstić information content (AvgIpc) is 2.88. The highest BCUT2D eigenvalue weighted by atomic mass is 32.1. The van der Waals surface area contributed by atoms with Gasteiger partial charge in [0, 0.05) is 9.75 Å². The molecule has 0 aliphatic carbocycles. The van der Waals surface area contributed by atoms with Crippen LogP contribution in [0.2, 0.25) is 0 Å². The highest BCUT2D eigenvalue weighted by Gasteiger charge is 2.15. The molecule has 0 aromatic carbocycles. The van der Waals surface area contributed by atoms with Gasteiger partial charge >= 0.3 is 0 Å². The largest absolute Gasteiger partial charge is 0.348 e. The number of amides is 1. The van der Waals surface area contributed by atoms with Crippen molar-refractivity contribution in [1.82, 2.24) is 10.3 Å². The maximum atomic E-state index is 11.9. The molecule has 0 aliphatic rings. The first-order valence-corrected chi connectivity index (χ1v) is 7.51. The van der Waals surface area contributed by atoms with Crippen molar-refractivity contribution in [2.24, 2.45) is 0 Å². The lowest BCUT2D eigenvalue weighted by molar-refractivity contribution is -0.121. The van der Waals surface area contributed by atoms with Gasteiger partial charge in [0.1, 0.15) is 0 Å². The van der Waals surface area contributed by atoms with E-state index in [2.05, 4.69) is 10.3 Å². The van der Waals surface area contributed by atoms with Crippen molar-refractivity contribution in [3.05, 3.63) is 38.0 Å². The van der Waals surface area contributed by atoms with Crippen LogP contribution in [0.15, 0.2) is 17.5 Å². The van der Waals surface area contributed by atoms with Crippen molar-refractivity contribution in [2.75, 3.05) is 0 Å². The van der Waals surface area contributed by atoms with Crippen LogP contribution < -0.4 is 5.32 Å². The van der Waals surface area contributed by atoms with E-state index in [9.17, 15) is 4.79 Å². The second-order valence-corrected chi connectivity index (χ2v) is 6.49. The number of thiazole rings is 1. The minimum atomic E-state index is 0.0312. The molecule has 0 fully saturated rings. The van der Waals surface area contributed by atoms with Gasteiger partial charge in [-0.25, -0.2) is 4.98 Å². The molecule has 0 radical (unpaired) electrons. The molecular formula is C13H16N2OS2. The molecule has 2 heterocycles.